The second kappa shape index (κ2) is 8.68. The number of amides is 1. The van der Waals surface area contributed by atoms with E-state index in [1.165, 1.54) is 5.56 Å². The first-order valence-electron chi connectivity index (χ1n) is 8.12. The van der Waals surface area contributed by atoms with Gasteiger partial charge in [0.2, 0.25) is 5.91 Å². The molecular weight excluding hydrogens is 357 g/mol. The highest BCUT2D eigenvalue weighted by atomic mass is 35.5. The highest BCUT2D eigenvalue weighted by Crippen LogP contribution is 2.26. The molecule has 1 heterocycles. The fourth-order valence-electron chi connectivity index (χ4n) is 3.22. The van der Waals surface area contributed by atoms with E-state index in [1.54, 1.807) is 6.07 Å². The topological polar surface area (TPSA) is 58.4 Å². The molecule has 2 aromatic carbocycles. The Morgan fingerprint density at radius 2 is 1.96 bits per heavy atom. The third-order valence-corrected chi connectivity index (χ3v) is 4.74. The number of benzene rings is 2. The Morgan fingerprint density at radius 3 is 2.68 bits per heavy atom. The van der Waals surface area contributed by atoms with Crippen molar-refractivity contribution < 1.29 is 4.79 Å². The van der Waals surface area contributed by atoms with E-state index in [9.17, 15) is 4.79 Å². The van der Waals surface area contributed by atoms with Gasteiger partial charge in [-0.3, -0.25) is 9.69 Å². The molecular formula is C19H23Cl2N3O. The summed E-state index contributed by atoms with van der Waals surface area (Å²) >= 11 is 6.00. The third kappa shape index (κ3) is 4.95. The molecule has 1 saturated heterocycles. The van der Waals surface area contributed by atoms with Gasteiger partial charge < -0.3 is 11.1 Å². The number of hydrogen-bond acceptors (Lipinski definition) is 3. The quantitative estimate of drug-likeness (QED) is 0.855. The zero-order chi connectivity index (χ0) is 17.1. The SMILES string of the molecule is Cc1ccc(Cl)cc1NC(=O)CN1C[C@@H](N)[C@H](c2ccccc2)C1.Cl. The van der Waals surface area contributed by atoms with Crippen molar-refractivity contribution in [2.75, 3.05) is 25.0 Å². The molecule has 3 rings (SSSR count). The van der Waals surface area contributed by atoms with Gasteiger partial charge in [-0.15, -0.1) is 12.4 Å². The van der Waals surface area contributed by atoms with Crippen LogP contribution in [0, 0.1) is 6.92 Å². The summed E-state index contributed by atoms with van der Waals surface area (Å²) in [4.78, 5) is 14.5. The molecule has 25 heavy (non-hydrogen) atoms. The average Bonchev–Trinajstić information content (AvgIpc) is 2.92. The zero-order valence-corrected chi connectivity index (χ0v) is 15.7. The summed E-state index contributed by atoms with van der Waals surface area (Å²) in [6, 6.07) is 15.8. The fourth-order valence-corrected chi connectivity index (χ4v) is 3.39. The molecule has 1 fully saturated rings. The van der Waals surface area contributed by atoms with Crippen LogP contribution in [0.25, 0.3) is 0 Å². The van der Waals surface area contributed by atoms with Crippen molar-refractivity contribution in [3.8, 4) is 0 Å². The highest BCUT2D eigenvalue weighted by molar-refractivity contribution is 6.31. The summed E-state index contributed by atoms with van der Waals surface area (Å²) in [5.74, 6) is 0.230. The fraction of sp³-hybridized carbons (Fsp3) is 0.316. The van der Waals surface area contributed by atoms with Crippen LogP contribution >= 0.6 is 24.0 Å². The van der Waals surface area contributed by atoms with Gasteiger partial charge in [0.1, 0.15) is 0 Å². The van der Waals surface area contributed by atoms with Crippen molar-refractivity contribution in [3.05, 3.63) is 64.7 Å². The Kier molecular flexibility index (Phi) is 6.85. The van der Waals surface area contributed by atoms with Gasteiger partial charge >= 0.3 is 0 Å². The first kappa shape index (κ1) is 19.7. The van der Waals surface area contributed by atoms with Crippen molar-refractivity contribution in [2.45, 2.75) is 18.9 Å². The van der Waals surface area contributed by atoms with Crippen LogP contribution in [-0.4, -0.2) is 36.5 Å². The van der Waals surface area contributed by atoms with Crippen molar-refractivity contribution in [1.82, 2.24) is 4.90 Å². The number of halogens is 2. The molecule has 1 aliphatic heterocycles. The van der Waals surface area contributed by atoms with Crippen LogP contribution in [-0.2, 0) is 4.79 Å². The minimum atomic E-state index is -0.0405. The summed E-state index contributed by atoms with van der Waals surface area (Å²) in [7, 11) is 0. The first-order valence-corrected chi connectivity index (χ1v) is 8.49. The summed E-state index contributed by atoms with van der Waals surface area (Å²) in [5.41, 5.74) is 9.27. The molecule has 1 aliphatic rings. The van der Waals surface area contributed by atoms with Crippen LogP contribution in [0.4, 0.5) is 5.69 Å². The Labute approximate surface area is 159 Å². The van der Waals surface area contributed by atoms with E-state index < -0.39 is 0 Å². The number of hydrogen-bond donors (Lipinski definition) is 2. The third-order valence-electron chi connectivity index (χ3n) is 4.51. The van der Waals surface area contributed by atoms with Gasteiger partial charge in [0.25, 0.3) is 0 Å². The van der Waals surface area contributed by atoms with Gasteiger partial charge in [-0.25, -0.2) is 0 Å². The van der Waals surface area contributed by atoms with Gasteiger partial charge in [0.05, 0.1) is 6.54 Å². The lowest BCUT2D eigenvalue weighted by molar-refractivity contribution is -0.117. The number of carbonyl (C=O) groups excluding carboxylic acids is 1. The van der Waals surface area contributed by atoms with Gasteiger partial charge in [0.15, 0.2) is 0 Å². The normalized spacial score (nSPS) is 20.1. The van der Waals surface area contributed by atoms with Crippen molar-refractivity contribution in [3.63, 3.8) is 0 Å². The van der Waals surface area contributed by atoms with Crippen LogP contribution in [0.3, 0.4) is 0 Å². The standard InChI is InChI=1S/C19H22ClN3O.ClH/c1-13-7-8-15(20)9-18(13)22-19(24)12-23-10-16(17(21)11-23)14-5-3-2-4-6-14;/h2-9,16-17H,10-12,21H2,1H3,(H,22,24);1H/t16-,17+;/m0./s1. The van der Waals surface area contributed by atoms with Crippen molar-refractivity contribution in [2.24, 2.45) is 5.73 Å². The Balaban J connectivity index is 0.00000225. The first-order chi connectivity index (χ1) is 11.5. The predicted octanol–water partition coefficient (Wildman–Crippen LogP) is 3.44. The minimum Gasteiger partial charge on any atom is -0.326 e. The lowest BCUT2D eigenvalue weighted by Gasteiger charge is -2.16. The molecule has 6 heteroatoms. The molecule has 0 unspecified atom stereocenters. The number of anilines is 1. The molecule has 2 aromatic rings. The maximum atomic E-state index is 12.3. The van der Waals surface area contributed by atoms with Crippen LogP contribution in [0.1, 0.15) is 17.0 Å². The van der Waals surface area contributed by atoms with E-state index in [1.807, 2.05) is 37.3 Å². The highest BCUT2D eigenvalue weighted by Gasteiger charge is 2.32. The van der Waals surface area contributed by atoms with E-state index in [2.05, 4.69) is 22.3 Å². The number of nitrogens with zero attached hydrogens (tertiary/aromatic N) is 1. The van der Waals surface area contributed by atoms with Gasteiger partial charge in [-0.05, 0) is 30.2 Å². The second-order valence-corrected chi connectivity index (χ2v) is 6.82. The molecule has 1 amide bonds. The van der Waals surface area contributed by atoms with Crippen LogP contribution in [0.15, 0.2) is 48.5 Å². The number of nitrogens with one attached hydrogen (secondary N) is 1. The average molecular weight is 380 g/mol. The minimum absolute atomic E-state index is 0. The summed E-state index contributed by atoms with van der Waals surface area (Å²) < 4.78 is 0. The Bertz CT molecular complexity index is 724. The summed E-state index contributed by atoms with van der Waals surface area (Å²) in [6.45, 7) is 3.81. The molecule has 0 bridgehead atoms. The van der Waals surface area contributed by atoms with Gasteiger partial charge in [-0.2, -0.15) is 0 Å². The summed E-state index contributed by atoms with van der Waals surface area (Å²) in [6.07, 6.45) is 0. The number of aryl methyl sites for hydroxylation is 1. The van der Waals surface area contributed by atoms with Crippen molar-refractivity contribution in [1.29, 1.82) is 0 Å². The number of likely N-dealkylation sites (tertiary alicyclic amines) is 1. The Morgan fingerprint density at radius 1 is 1.24 bits per heavy atom. The lowest BCUT2D eigenvalue weighted by atomic mass is 9.95. The lowest BCUT2D eigenvalue weighted by Crippen LogP contribution is -2.33. The number of carbonyl (C=O) groups is 1. The van der Waals surface area contributed by atoms with Crippen LogP contribution < -0.4 is 11.1 Å². The van der Waals surface area contributed by atoms with Crippen LogP contribution in [0.2, 0.25) is 5.02 Å². The number of rotatable bonds is 4. The molecule has 2 atom stereocenters. The van der Waals surface area contributed by atoms with Crippen molar-refractivity contribution >= 4 is 35.6 Å². The molecule has 134 valence electrons. The molecule has 0 radical (unpaired) electrons. The van der Waals surface area contributed by atoms with Crippen LogP contribution in [0.5, 0.6) is 0 Å². The predicted molar refractivity (Wildman–Crippen MR) is 106 cm³/mol. The number of nitrogens with two attached hydrogens (primary N) is 1. The molecule has 0 saturated carbocycles. The largest absolute Gasteiger partial charge is 0.326 e. The molecule has 4 nitrogen and oxygen atoms in total. The summed E-state index contributed by atoms with van der Waals surface area (Å²) in [5, 5.41) is 3.56. The van der Waals surface area contributed by atoms with Gasteiger partial charge in [0, 0.05) is 35.8 Å². The smallest absolute Gasteiger partial charge is 0.238 e. The van der Waals surface area contributed by atoms with Gasteiger partial charge in [-0.1, -0.05) is 48.0 Å². The second-order valence-electron chi connectivity index (χ2n) is 6.38. The maximum Gasteiger partial charge on any atom is 0.238 e. The molecule has 0 aromatic heterocycles. The molecule has 3 N–H and O–H groups in total. The maximum absolute atomic E-state index is 12.3. The molecule has 0 spiro atoms. The Hall–Kier alpha value is -1.59. The molecule has 0 aliphatic carbocycles. The van der Waals surface area contributed by atoms with E-state index in [0.717, 1.165) is 24.3 Å². The van der Waals surface area contributed by atoms with E-state index >= 15 is 0 Å². The zero-order valence-electron chi connectivity index (χ0n) is 14.1. The van der Waals surface area contributed by atoms with E-state index in [-0.39, 0.29) is 30.3 Å². The monoisotopic (exact) mass is 379 g/mol. The van der Waals surface area contributed by atoms with E-state index in [0.29, 0.717) is 11.6 Å². The van der Waals surface area contributed by atoms with E-state index in [4.69, 9.17) is 17.3 Å².